The lowest BCUT2D eigenvalue weighted by molar-refractivity contribution is 0.0785. The molecule has 0 radical (unpaired) electrons. The quantitative estimate of drug-likeness (QED) is 0.680. The Morgan fingerprint density at radius 2 is 1.69 bits per heavy atom. The van der Waals surface area contributed by atoms with Crippen molar-refractivity contribution in [3.05, 3.63) is 58.6 Å². The molecule has 26 heavy (non-hydrogen) atoms. The van der Waals surface area contributed by atoms with Gasteiger partial charge in [-0.1, -0.05) is 23.7 Å². The molecule has 0 unspecified atom stereocenters. The lowest BCUT2D eigenvalue weighted by Gasteiger charge is -2.19. The Hall–Kier alpha value is -1.54. The summed E-state index contributed by atoms with van der Waals surface area (Å²) in [7, 11) is 0.901. The molecule has 0 fully saturated rings. The van der Waals surface area contributed by atoms with Crippen LogP contribution in [0.5, 0.6) is 0 Å². The minimum absolute atomic E-state index is 0.0352. The number of hydrogen-bond donors (Lipinski definition) is 0. The monoisotopic (exact) mass is 412 g/mol. The van der Waals surface area contributed by atoms with Gasteiger partial charge in [0.25, 0.3) is 5.91 Å². The first kappa shape index (κ1) is 20.8. The van der Waals surface area contributed by atoms with E-state index in [-0.39, 0.29) is 21.4 Å². The first-order chi connectivity index (χ1) is 12.2. The van der Waals surface area contributed by atoms with E-state index in [1.165, 1.54) is 37.2 Å². The number of nitrogens with zero attached hydrogens (tertiary/aromatic N) is 2. The van der Waals surface area contributed by atoms with Crippen molar-refractivity contribution in [1.29, 1.82) is 0 Å². The molecule has 2 aromatic rings. The molecular weight excluding hydrogens is 392 g/mol. The van der Waals surface area contributed by atoms with E-state index in [4.69, 9.17) is 11.6 Å². The zero-order valence-electron chi connectivity index (χ0n) is 15.1. The van der Waals surface area contributed by atoms with Gasteiger partial charge in [-0.3, -0.25) is 4.79 Å². The highest BCUT2D eigenvalue weighted by molar-refractivity contribution is 7.98. The van der Waals surface area contributed by atoms with Crippen LogP contribution in [0, 0.1) is 0 Å². The molecule has 140 valence electrons. The SMILES string of the molecule is CSc1ccc(CN(C)C(=O)c2cc(S(=O)(=O)N(C)C)ccc2Cl)cc1. The second kappa shape index (κ2) is 8.43. The van der Waals surface area contributed by atoms with Crippen molar-refractivity contribution in [2.24, 2.45) is 0 Å². The molecule has 1 amide bonds. The summed E-state index contributed by atoms with van der Waals surface area (Å²) in [4.78, 5) is 15.5. The third-order valence-corrected chi connectivity index (χ3v) is 6.76. The van der Waals surface area contributed by atoms with E-state index in [2.05, 4.69) is 0 Å². The summed E-state index contributed by atoms with van der Waals surface area (Å²) in [5, 5.41) is 0.220. The number of benzene rings is 2. The van der Waals surface area contributed by atoms with E-state index < -0.39 is 10.0 Å². The fourth-order valence-corrected chi connectivity index (χ4v) is 3.86. The van der Waals surface area contributed by atoms with Gasteiger partial charge in [-0.15, -0.1) is 11.8 Å². The predicted molar refractivity (Wildman–Crippen MR) is 106 cm³/mol. The van der Waals surface area contributed by atoms with Crippen LogP contribution >= 0.6 is 23.4 Å². The Bertz CT molecular complexity index is 897. The lowest BCUT2D eigenvalue weighted by atomic mass is 10.1. The van der Waals surface area contributed by atoms with Gasteiger partial charge in [0.05, 0.1) is 15.5 Å². The Morgan fingerprint density at radius 1 is 1.08 bits per heavy atom. The Kier molecular flexibility index (Phi) is 6.74. The summed E-state index contributed by atoms with van der Waals surface area (Å²) >= 11 is 7.80. The molecule has 5 nitrogen and oxygen atoms in total. The van der Waals surface area contributed by atoms with Crippen molar-refractivity contribution in [2.45, 2.75) is 16.3 Å². The number of hydrogen-bond acceptors (Lipinski definition) is 4. The molecule has 0 heterocycles. The molecule has 0 atom stereocenters. The van der Waals surface area contributed by atoms with Gasteiger partial charge in [0, 0.05) is 32.6 Å². The van der Waals surface area contributed by atoms with Crippen molar-refractivity contribution in [3.63, 3.8) is 0 Å². The van der Waals surface area contributed by atoms with Gasteiger partial charge in [-0.25, -0.2) is 12.7 Å². The molecule has 0 saturated heterocycles. The van der Waals surface area contributed by atoms with Gasteiger partial charge in [-0.05, 0) is 42.2 Å². The number of thioether (sulfide) groups is 1. The van der Waals surface area contributed by atoms with E-state index in [0.717, 1.165) is 14.8 Å². The first-order valence-corrected chi connectivity index (χ1v) is 10.8. The maximum absolute atomic E-state index is 12.8. The van der Waals surface area contributed by atoms with Gasteiger partial charge in [0.15, 0.2) is 0 Å². The first-order valence-electron chi connectivity index (χ1n) is 7.77. The largest absolute Gasteiger partial charge is 0.337 e. The number of sulfonamides is 1. The number of rotatable bonds is 6. The van der Waals surface area contributed by atoms with Crippen molar-refractivity contribution < 1.29 is 13.2 Å². The minimum Gasteiger partial charge on any atom is -0.337 e. The summed E-state index contributed by atoms with van der Waals surface area (Å²) in [6.45, 7) is 0.397. The molecule has 8 heteroatoms. The molecule has 0 aliphatic rings. The summed E-state index contributed by atoms with van der Waals surface area (Å²) in [5.41, 5.74) is 1.14. The number of halogens is 1. The summed E-state index contributed by atoms with van der Waals surface area (Å²) in [6, 6.07) is 12.1. The van der Waals surface area contributed by atoms with E-state index in [1.54, 1.807) is 18.8 Å². The Morgan fingerprint density at radius 3 is 2.23 bits per heavy atom. The number of carbonyl (C=O) groups excluding carboxylic acids is 1. The Balaban J connectivity index is 2.27. The van der Waals surface area contributed by atoms with Gasteiger partial charge in [0.2, 0.25) is 10.0 Å². The molecule has 0 aliphatic carbocycles. The predicted octanol–water partition coefficient (Wildman–Crippen LogP) is 3.58. The van der Waals surface area contributed by atoms with Crippen LogP contribution in [0.15, 0.2) is 52.3 Å². The van der Waals surface area contributed by atoms with Crippen LogP contribution in [0.25, 0.3) is 0 Å². The van der Waals surface area contributed by atoms with Crippen LogP contribution in [0.1, 0.15) is 15.9 Å². The summed E-state index contributed by atoms with van der Waals surface area (Å²) < 4.78 is 25.7. The van der Waals surface area contributed by atoms with Crippen LogP contribution in [-0.2, 0) is 16.6 Å². The molecule has 0 N–H and O–H groups in total. The van der Waals surface area contributed by atoms with E-state index >= 15 is 0 Å². The van der Waals surface area contributed by atoms with Crippen LogP contribution in [0.3, 0.4) is 0 Å². The molecule has 0 aromatic heterocycles. The molecule has 0 aliphatic heterocycles. The summed E-state index contributed by atoms with van der Waals surface area (Å²) in [5.74, 6) is -0.334. The molecule has 0 spiro atoms. The fourth-order valence-electron chi connectivity index (χ4n) is 2.32. The van der Waals surface area contributed by atoms with E-state index in [9.17, 15) is 13.2 Å². The van der Waals surface area contributed by atoms with Crippen LogP contribution in [-0.4, -0.2) is 50.9 Å². The third-order valence-electron chi connectivity index (χ3n) is 3.87. The fraction of sp³-hybridized carbons (Fsp3) is 0.278. The maximum atomic E-state index is 12.8. The second-order valence-corrected chi connectivity index (χ2v) is 9.38. The maximum Gasteiger partial charge on any atom is 0.255 e. The van der Waals surface area contributed by atoms with Crippen molar-refractivity contribution in [3.8, 4) is 0 Å². The smallest absolute Gasteiger partial charge is 0.255 e. The highest BCUT2D eigenvalue weighted by Gasteiger charge is 2.22. The van der Waals surface area contributed by atoms with Gasteiger partial charge >= 0.3 is 0 Å². The van der Waals surface area contributed by atoms with Crippen molar-refractivity contribution >= 4 is 39.3 Å². The normalized spacial score (nSPS) is 11.6. The topological polar surface area (TPSA) is 57.7 Å². The average molecular weight is 413 g/mol. The van der Waals surface area contributed by atoms with Crippen LogP contribution in [0.4, 0.5) is 0 Å². The molecule has 2 aromatic carbocycles. The van der Waals surface area contributed by atoms with Crippen molar-refractivity contribution in [2.75, 3.05) is 27.4 Å². The molecule has 0 saturated carbocycles. The zero-order chi connectivity index (χ0) is 19.5. The Labute approximate surface area is 164 Å². The second-order valence-electron chi connectivity index (χ2n) is 5.94. The molecule has 0 bridgehead atoms. The third kappa shape index (κ3) is 4.59. The molecular formula is C18H21ClN2O3S2. The highest BCUT2D eigenvalue weighted by atomic mass is 35.5. The molecule has 2 rings (SSSR count). The van der Waals surface area contributed by atoms with E-state index in [0.29, 0.717) is 6.54 Å². The number of carbonyl (C=O) groups is 1. The van der Waals surface area contributed by atoms with Gasteiger partial charge in [-0.2, -0.15) is 0 Å². The lowest BCUT2D eigenvalue weighted by Crippen LogP contribution is -2.27. The van der Waals surface area contributed by atoms with E-state index in [1.807, 2.05) is 30.5 Å². The standard InChI is InChI=1S/C18H21ClN2O3S2/c1-20(2)26(23,24)15-9-10-17(19)16(11-15)18(22)21(3)12-13-5-7-14(25-4)8-6-13/h5-11H,12H2,1-4H3. The van der Waals surface area contributed by atoms with Crippen LogP contribution in [0.2, 0.25) is 5.02 Å². The minimum atomic E-state index is -3.64. The van der Waals surface area contributed by atoms with Gasteiger partial charge in [0.1, 0.15) is 0 Å². The van der Waals surface area contributed by atoms with Crippen LogP contribution < -0.4 is 0 Å². The zero-order valence-corrected chi connectivity index (χ0v) is 17.5. The summed E-state index contributed by atoms with van der Waals surface area (Å²) in [6.07, 6.45) is 2.00. The number of amides is 1. The average Bonchev–Trinajstić information content (AvgIpc) is 2.61. The van der Waals surface area contributed by atoms with Crippen molar-refractivity contribution in [1.82, 2.24) is 9.21 Å². The highest BCUT2D eigenvalue weighted by Crippen LogP contribution is 2.24. The van der Waals surface area contributed by atoms with Gasteiger partial charge < -0.3 is 4.90 Å².